The highest BCUT2D eigenvalue weighted by Gasteiger charge is 2.16. The van der Waals surface area contributed by atoms with Gasteiger partial charge >= 0.3 is 5.97 Å². The van der Waals surface area contributed by atoms with E-state index >= 15 is 0 Å². The average molecular weight is 389 g/mol. The first-order valence-corrected chi connectivity index (χ1v) is 9.40. The Morgan fingerprint density at radius 2 is 1.48 bits per heavy atom. The first-order valence-electron chi connectivity index (χ1n) is 9.40. The second kappa shape index (κ2) is 10.1. The Kier molecular flexibility index (Phi) is 7.00. The molecule has 0 aliphatic heterocycles. The highest BCUT2D eigenvalue weighted by Crippen LogP contribution is 2.16. The number of hydrogen-bond acceptors (Lipinski definition) is 4. The third kappa shape index (κ3) is 5.94. The summed E-state index contributed by atoms with van der Waals surface area (Å²) in [4.78, 5) is 24.6. The monoisotopic (exact) mass is 389 g/mol. The highest BCUT2D eigenvalue weighted by atomic mass is 16.5. The van der Waals surface area contributed by atoms with Gasteiger partial charge in [-0.2, -0.15) is 0 Å². The molecule has 0 saturated carbocycles. The van der Waals surface area contributed by atoms with E-state index in [2.05, 4.69) is 5.32 Å². The maximum atomic E-state index is 12.5. The minimum Gasteiger partial charge on any atom is -0.489 e. The molecule has 0 radical (unpaired) electrons. The van der Waals surface area contributed by atoms with E-state index < -0.39 is 5.97 Å². The molecule has 0 aliphatic rings. The summed E-state index contributed by atoms with van der Waals surface area (Å²) in [6, 6.07) is 25.8. The fourth-order valence-electron chi connectivity index (χ4n) is 2.84. The van der Waals surface area contributed by atoms with Gasteiger partial charge in [-0.25, -0.2) is 4.79 Å². The Morgan fingerprint density at radius 3 is 2.21 bits per heavy atom. The smallest absolute Gasteiger partial charge is 0.339 e. The lowest BCUT2D eigenvalue weighted by atomic mass is 10.1. The van der Waals surface area contributed by atoms with E-state index in [4.69, 9.17) is 9.47 Å². The molecule has 1 N–H and O–H groups in total. The standard InChI is InChI=1S/C24H23NO4/c1-18(19-10-4-2-5-11-19)25-23(26)17-29-24(27)22-15-9-8-12-20(22)16-28-21-13-6-3-7-14-21/h2-15,18H,16-17H2,1H3,(H,25,26)/t18-/m0/s1. The number of amides is 1. The zero-order valence-electron chi connectivity index (χ0n) is 16.2. The first kappa shape index (κ1) is 20.1. The van der Waals surface area contributed by atoms with Gasteiger partial charge in [-0.15, -0.1) is 0 Å². The number of para-hydroxylation sites is 1. The van der Waals surface area contributed by atoms with Crippen LogP contribution in [0.3, 0.4) is 0 Å². The zero-order valence-corrected chi connectivity index (χ0v) is 16.2. The molecule has 0 heterocycles. The SMILES string of the molecule is C[C@H](NC(=O)COC(=O)c1ccccc1COc1ccccc1)c1ccccc1. The molecule has 0 spiro atoms. The predicted molar refractivity (Wildman–Crippen MR) is 110 cm³/mol. The number of rotatable bonds is 8. The third-order valence-corrected chi connectivity index (χ3v) is 4.39. The normalized spacial score (nSPS) is 11.3. The number of benzene rings is 3. The maximum absolute atomic E-state index is 12.5. The minimum atomic E-state index is -0.556. The van der Waals surface area contributed by atoms with E-state index in [1.54, 1.807) is 18.2 Å². The van der Waals surface area contributed by atoms with Gasteiger partial charge in [0.25, 0.3) is 5.91 Å². The first-order chi connectivity index (χ1) is 14.1. The van der Waals surface area contributed by atoms with Crippen molar-refractivity contribution < 1.29 is 19.1 Å². The average Bonchev–Trinajstić information content (AvgIpc) is 2.77. The van der Waals surface area contributed by atoms with Crippen molar-refractivity contribution in [3.8, 4) is 5.75 Å². The van der Waals surface area contributed by atoms with E-state index in [0.717, 1.165) is 5.56 Å². The second-order valence-corrected chi connectivity index (χ2v) is 6.53. The molecule has 0 aromatic heterocycles. The summed E-state index contributed by atoms with van der Waals surface area (Å²) in [5, 5.41) is 2.82. The third-order valence-electron chi connectivity index (χ3n) is 4.39. The fraction of sp³-hybridized carbons (Fsp3) is 0.167. The van der Waals surface area contributed by atoms with Crippen LogP contribution in [0.2, 0.25) is 0 Å². The van der Waals surface area contributed by atoms with E-state index in [1.165, 1.54) is 0 Å². The van der Waals surface area contributed by atoms with Crippen LogP contribution in [0.25, 0.3) is 0 Å². The molecule has 1 atom stereocenters. The Labute approximate surface area is 170 Å². The van der Waals surface area contributed by atoms with Gasteiger partial charge in [0.05, 0.1) is 11.6 Å². The zero-order chi connectivity index (χ0) is 20.5. The lowest BCUT2D eigenvalue weighted by Crippen LogP contribution is -2.31. The van der Waals surface area contributed by atoms with Crippen molar-refractivity contribution in [1.29, 1.82) is 0 Å². The van der Waals surface area contributed by atoms with Gasteiger partial charge < -0.3 is 14.8 Å². The van der Waals surface area contributed by atoms with Crippen molar-refractivity contribution in [2.75, 3.05) is 6.61 Å². The van der Waals surface area contributed by atoms with Crippen molar-refractivity contribution in [2.45, 2.75) is 19.6 Å². The molecule has 0 fully saturated rings. The molecule has 29 heavy (non-hydrogen) atoms. The van der Waals surface area contributed by atoms with Gasteiger partial charge in [-0.3, -0.25) is 4.79 Å². The summed E-state index contributed by atoms with van der Waals surface area (Å²) in [6.45, 7) is 1.77. The van der Waals surface area contributed by atoms with Crippen LogP contribution in [-0.2, 0) is 16.1 Å². The number of nitrogens with one attached hydrogen (secondary N) is 1. The van der Waals surface area contributed by atoms with Crippen molar-refractivity contribution in [3.63, 3.8) is 0 Å². The quantitative estimate of drug-likeness (QED) is 0.584. The number of esters is 1. The van der Waals surface area contributed by atoms with E-state index in [-0.39, 0.29) is 25.2 Å². The van der Waals surface area contributed by atoms with E-state index in [0.29, 0.717) is 16.9 Å². The van der Waals surface area contributed by atoms with Gasteiger partial charge in [-0.1, -0.05) is 66.7 Å². The van der Waals surface area contributed by atoms with Crippen LogP contribution in [0.4, 0.5) is 0 Å². The fourth-order valence-corrected chi connectivity index (χ4v) is 2.84. The second-order valence-electron chi connectivity index (χ2n) is 6.53. The Bertz CT molecular complexity index is 941. The summed E-state index contributed by atoms with van der Waals surface area (Å²) in [7, 11) is 0. The number of hydrogen-bond donors (Lipinski definition) is 1. The molecule has 148 valence electrons. The van der Waals surface area contributed by atoms with Gasteiger partial charge in [0.15, 0.2) is 6.61 Å². The van der Waals surface area contributed by atoms with Crippen LogP contribution in [-0.4, -0.2) is 18.5 Å². The molecule has 5 nitrogen and oxygen atoms in total. The predicted octanol–water partition coefficient (Wildman–Crippen LogP) is 4.30. The molecule has 0 saturated heterocycles. The number of carbonyl (C=O) groups is 2. The van der Waals surface area contributed by atoms with Gasteiger partial charge in [0, 0.05) is 5.56 Å². The molecule has 3 aromatic rings. The van der Waals surface area contributed by atoms with Crippen LogP contribution in [0, 0.1) is 0 Å². The molecule has 3 aromatic carbocycles. The van der Waals surface area contributed by atoms with E-state index in [9.17, 15) is 9.59 Å². The number of carbonyl (C=O) groups excluding carboxylic acids is 2. The van der Waals surface area contributed by atoms with Gasteiger partial charge in [-0.05, 0) is 30.7 Å². The van der Waals surface area contributed by atoms with Crippen molar-refractivity contribution >= 4 is 11.9 Å². The van der Waals surface area contributed by atoms with Crippen molar-refractivity contribution in [2.24, 2.45) is 0 Å². The lowest BCUT2D eigenvalue weighted by Gasteiger charge is -2.15. The molecular formula is C24H23NO4. The summed E-state index contributed by atoms with van der Waals surface area (Å²) in [5.41, 5.74) is 2.06. The summed E-state index contributed by atoms with van der Waals surface area (Å²) in [6.07, 6.45) is 0. The van der Waals surface area contributed by atoms with E-state index in [1.807, 2.05) is 73.7 Å². The van der Waals surface area contributed by atoms with Crippen LogP contribution in [0.15, 0.2) is 84.9 Å². The van der Waals surface area contributed by atoms with Gasteiger partial charge in [0.1, 0.15) is 12.4 Å². The topological polar surface area (TPSA) is 64.6 Å². The maximum Gasteiger partial charge on any atom is 0.339 e. The van der Waals surface area contributed by atoms with Crippen LogP contribution in [0.5, 0.6) is 5.75 Å². The summed E-state index contributed by atoms with van der Waals surface area (Å²) >= 11 is 0. The van der Waals surface area contributed by atoms with Crippen LogP contribution >= 0.6 is 0 Å². The van der Waals surface area contributed by atoms with Crippen molar-refractivity contribution in [3.05, 3.63) is 102 Å². The Hall–Kier alpha value is -3.60. The summed E-state index contributed by atoms with van der Waals surface area (Å²) < 4.78 is 10.9. The Balaban J connectivity index is 1.54. The Morgan fingerprint density at radius 1 is 0.862 bits per heavy atom. The minimum absolute atomic E-state index is 0.172. The molecular weight excluding hydrogens is 366 g/mol. The van der Waals surface area contributed by atoms with Crippen molar-refractivity contribution in [1.82, 2.24) is 5.32 Å². The molecule has 1 amide bonds. The highest BCUT2D eigenvalue weighted by molar-refractivity contribution is 5.92. The molecule has 3 rings (SSSR count). The molecule has 5 heteroatoms. The lowest BCUT2D eigenvalue weighted by molar-refractivity contribution is -0.124. The molecule has 0 bridgehead atoms. The largest absolute Gasteiger partial charge is 0.489 e. The van der Waals surface area contributed by atoms with Crippen LogP contribution < -0.4 is 10.1 Å². The summed E-state index contributed by atoms with van der Waals surface area (Å²) in [5.74, 6) is -0.197. The molecule has 0 aliphatic carbocycles. The van der Waals surface area contributed by atoms with Crippen LogP contribution in [0.1, 0.15) is 34.5 Å². The molecule has 0 unspecified atom stereocenters. The number of ether oxygens (including phenoxy) is 2. The van der Waals surface area contributed by atoms with Gasteiger partial charge in [0.2, 0.25) is 0 Å².